The van der Waals surface area contributed by atoms with Crippen LogP contribution in [0.4, 0.5) is 0 Å². The summed E-state index contributed by atoms with van der Waals surface area (Å²) >= 11 is 0. The third-order valence-electron chi connectivity index (χ3n) is 2.69. The van der Waals surface area contributed by atoms with Gasteiger partial charge in [0.25, 0.3) is 0 Å². The number of nitrogens with zero attached hydrogens (tertiary/aromatic N) is 1. The molecule has 0 bridgehead atoms. The molecule has 1 saturated heterocycles. The smallest absolute Gasteiger partial charge is 0.314 e. The molecule has 0 spiro atoms. The summed E-state index contributed by atoms with van der Waals surface area (Å²) in [4.78, 5) is 13.4. The highest BCUT2D eigenvalue weighted by atomic mass is 16.1. The first-order chi connectivity index (χ1) is 6.84. The molecule has 1 aromatic rings. The van der Waals surface area contributed by atoms with Crippen LogP contribution < -0.4 is 11.0 Å². The normalized spacial score (nSPS) is 22.4. The fourth-order valence-electron chi connectivity index (χ4n) is 1.90. The zero-order valence-corrected chi connectivity index (χ0v) is 8.18. The maximum Gasteiger partial charge on any atom is 0.340 e. The Morgan fingerprint density at radius 2 is 2.36 bits per heavy atom. The minimum absolute atomic E-state index is 0.211. The summed E-state index contributed by atoms with van der Waals surface area (Å²) in [7, 11) is 0. The van der Waals surface area contributed by atoms with Gasteiger partial charge in [-0.3, -0.25) is 4.98 Å². The van der Waals surface area contributed by atoms with Crippen molar-refractivity contribution in [3.05, 3.63) is 16.3 Å². The summed E-state index contributed by atoms with van der Waals surface area (Å²) in [6.07, 6.45) is 5.75. The summed E-state index contributed by atoms with van der Waals surface area (Å²) in [5.74, 6) is 0.766. The van der Waals surface area contributed by atoms with Gasteiger partial charge in [0.15, 0.2) is 0 Å². The Kier molecular flexibility index (Phi) is 2.98. The van der Waals surface area contributed by atoms with Gasteiger partial charge in [-0.2, -0.15) is 5.10 Å². The van der Waals surface area contributed by atoms with Crippen LogP contribution in [0, 0.1) is 0 Å². The lowest BCUT2D eigenvalue weighted by atomic mass is 10.0. The summed E-state index contributed by atoms with van der Waals surface area (Å²) in [5.41, 5.74) is -0.211. The van der Waals surface area contributed by atoms with Gasteiger partial charge < -0.3 is 5.32 Å². The van der Waals surface area contributed by atoms with E-state index in [0.717, 1.165) is 25.2 Å². The number of aryl methyl sites for hydroxylation is 1. The predicted molar refractivity (Wildman–Crippen MR) is 53.2 cm³/mol. The number of aromatic amines is 2. The van der Waals surface area contributed by atoms with E-state index >= 15 is 0 Å². The summed E-state index contributed by atoms with van der Waals surface area (Å²) in [5, 5.41) is 9.72. The van der Waals surface area contributed by atoms with Crippen LogP contribution in [-0.4, -0.2) is 27.8 Å². The van der Waals surface area contributed by atoms with Crippen LogP contribution in [0.2, 0.25) is 0 Å². The highest BCUT2D eigenvalue weighted by molar-refractivity contribution is 4.83. The molecule has 1 aromatic heterocycles. The Labute approximate surface area is 82.3 Å². The van der Waals surface area contributed by atoms with Crippen molar-refractivity contribution in [3.8, 4) is 0 Å². The van der Waals surface area contributed by atoms with Crippen LogP contribution in [0.15, 0.2) is 4.79 Å². The van der Waals surface area contributed by atoms with Gasteiger partial charge in [0.2, 0.25) is 0 Å². The summed E-state index contributed by atoms with van der Waals surface area (Å²) in [6.45, 7) is 1.13. The van der Waals surface area contributed by atoms with Crippen molar-refractivity contribution >= 4 is 0 Å². The molecule has 1 aliphatic heterocycles. The van der Waals surface area contributed by atoms with Crippen LogP contribution in [0.3, 0.4) is 0 Å². The first kappa shape index (κ1) is 9.45. The van der Waals surface area contributed by atoms with E-state index in [2.05, 4.69) is 20.5 Å². The topological polar surface area (TPSA) is 73.6 Å². The number of aromatic nitrogens is 3. The van der Waals surface area contributed by atoms with E-state index < -0.39 is 0 Å². The minimum atomic E-state index is -0.211. The average Bonchev–Trinajstić information content (AvgIpc) is 2.63. The molecule has 0 amide bonds. The molecule has 2 heterocycles. The van der Waals surface area contributed by atoms with Crippen molar-refractivity contribution in [2.75, 3.05) is 6.54 Å². The second-order valence-electron chi connectivity index (χ2n) is 3.81. The molecule has 1 aliphatic rings. The van der Waals surface area contributed by atoms with Crippen molar-refractivity contribution in [1.29, 1.82) is 0 Å². The third kappa shape index (κ3) is 2.45. The highest BCUT2D eigenvalue weighted by Crippen LogP contribution is 2.11. The molecule has 78 valence electrons. The van der Waals surface area contributed by atoms with Crippen LogP contribution in [0.1, 0.15) is 31.5 Å². The van der Waals surface area contributed by atoms with Crippen molar-refractivity contribution in [2.24, 2.45) is 0 Å². The van der Waals surface area contributed by atoms with Gasteiger partial charge >= 0.3 is 5.69 Å². The van der Waals surface area contributed by atoms with Gasteiger partial charge in [-0.25, -0.2) is 9.89 Å². The Morgan fingerprint density at radius 1 is 1.43 bits per heavy atom. The minimum Gasteiger partial charge on any atom is -0.314 e. The summed E-state index contributed by atoms with van der Waals surface area (Å²) in [6, 6.07) is 0.601. The van der Waals surface area contributed by atoms with Crippen molar-refractivity contribution in [1.82, 2.24) is 20.5 Å². The van der Waals surface area contributed by atoms with Crippen LogP contribution >= 0.6 is 0 Å². The van der Waals surface area contributed by atoms with E-state index in [1.54, 1.807) is 0 Å². The Morgan fingerprint density at radius 3 is 3.00 bits per heavy atom. The number of rotatable bonds is 3. The molecule has 0 aromatic carbocycles. The molecule has 1 atom stereocenters. The fourth-order valence-corrected chi connectivity index (χ4v) is 1.90. The largest absolute Gasteiger partial charge is 0.340 e. The van der Waals surface area contributed by atoms with Crippen molar-refractivity contribution in [3.63, 3.8) is 0 Å². The molecule has 5 nitrogen and oxygen atoms in total. The van der Waals surface area contributed by atoms with E-state index in [1.165, 1.54) is 19.3 Å². The monoisotopic (exact) mass is 196 g/mol. The molecular formula is C9H16N4O. The molecule has 5 heteroatoms. The Hall–Kier alpha value is -1.10. The van der Waals surface area contributed by atoms with E-state index in [4.69, 9.17) is 0 Å². The molecule has 14 heavy (non-hydrogen) atoms. The van der Waals surface area contributed by atoms with E-state index in [-0.39, 0.29) is 5.69 Å². The first-order valence-electron chi connectivity index (χ1n) is 5.21. The van der Waals surface area contributed by atoms with Crippen molar-refractivity contribution in [2.45, 2.75) is 38.1 Å². The number of H-pyrrole nitrogens is 2. The second-order valence-corrected chi connectivity index (χ2v) is 3.81. The van der Waals surface area contributed by atoms with Gasteiger partial charge in [-0.05, 0) is 25.8 Å². The zero-order valence-electron chi connectivity index (χ0n) is 8.18. The zero-order chi connectivity index (χ0) is 9.80. The number of hydrogen-bond donors (Lipinski definition) is 3. The quantitative estimate of drug-likeness (QED) is 0.645. The molecule has 2 rings (SSSR count). The van der Waals surface area contributed by atoms with Crippen LogP contribution in [0.5, 0.6) is 0 Å². The predicted octanol–water partition coefficient (Wildman–Crippen LogP) is 0.173. The van der Waals surface area contributed by atoms with E-state index in [1.807, 2.05) is 0 Å². The first-order valence-corrected chi connectivity index (χ1v) is 5.21. The van der Waals surface area contributed by atoms with Gasteiger partial charge in [-0.15, -0.1) is 0 Å². The third-order valence-corrected chi connectivity index (χ3v) is 2.69. The fraction of sp³-hybridized carbons (Fsp3) is 0.778. The van der Waals surface area contributed by atoms with Gasteiger partial charge in [0.05, 0.1) is 0 Å². The number of nitrogens with one attached hydrogen (secondary N) is 3. The standard InChI is InChI=1S/C9H16N4O/c14-9-11-8(12-13-9)5-4-7-3-1-2-6-10-7/h7,10H,1-6H2,(H2,11,12,13,14). The molecule has 0 saturated carbocycles. The SMILES string of the molecule is O=c1[nH]nc(CCC2CCCCN2)[nH]1. The van der Waals surface area contributed by atoms with Gasteiger partial charge in [0, 0.05) is 12.5 Å². The molecule has 0 aliphatic carbocycles. The lowest BCUT2D eigenvalue weighted by Gasteiger charge is -2.22. The molecule has 3 N–H and O–H groups in total. The van der Waals surface area contributed by atoms with E-state index in [0.29, 0.717) is 6.04 Å². The number of hydrogen-bond acceptors (Lipinski definition) is 3. The van der Waals surface area contributed by atoms with Crippen LogP contribution in [0.25, 0.3) is 0 Å². The van der Waals surface area contributed by atoms with Crippen LogP contribution in [-0.2, 0) is 6.42 Å². The van der Waals surface area contributed by atoms with Crippen molar-refractivity contribution < 1.29 is 0 Å². The lowest BCUT2D eigenvalue weighted by molar-refractivity contribution is 0.381. The Bertz CT molecular complexity index is 324. The molecular weight excluding hydrogens is 180 g/mol. The van der Waals surface area contributed by atoms with Gasteiger partial charge in [0.1, 0.15) is 5.82 Å². The van der Waals surface area contributed by atoms with Gasteiger partial charge in [-0.1, -0.05) is 6.42 Å². The average molecular weight is 196 g/mol. The molecule has 1 fully saturated rings. The maximum absolute atomic E-state index is 10.8. The maximum atomic E-state index is 10.8. The highest BCUT2D eigenvalue weighted by Gasteiger charge is 2.12. The summed E-state index contributed by atoms with van der Waals surface area (Å²) < 4.78 is 0. The number of piperidine rings is 1. The molecule has 0 radical (unpaired) electrons. The second kappa shape index (κ2) is 4.41. The Balaban J connectivity index is 1.78. The lowest BCUT2D eigenvalue weighted by Crippen LogP contribution is -2.34. The van der Waals surface area contributed by atoms with E-state index in [9.17, 15) is 4.79 Å². The molecule has 1 unspecified atom stereocenters.